The number of anilines is 3. The van der Waals surface area contributed by atoms with Gasteiger partial charge < -0.3 is 15.6 Å². The third-order valence-electron chi connectivity index (χ3n) is 4.54. The second kappa shape index (κ2) is 9.18. The number of nitrogens with one attached hydrogen (secondary N) is 3. The number of rotatable bonds is 5. The molecule has 4 rings (SSSR count). The van der Waals surface area contributed by atoms with Crippen LogP contribution in [0.2, 0.25) is 3.98 Å². The number of aromatic amines is 1. The number of hydrogen-bond donors (Lipinski definition) is 3. The summed E-state index contributed by atoms with van der Waals surface area (Å²) in [5.41, 5.74) is 4.32. The Morgan fingerprint density at radius 1 is 0.964 bits per heavy atom. The number of aryl methyl sites for hydroxylation is 2. The van der Waals surface area contributed by atoms with E-state index in [0.717, 1.165) is 16.6 Å². The van der Waals surface area contributed by atoms with Crippen molar-refractivity contribution in [3.05, 3.63) is 86.3 Å². The van der Waals surface area contributed by atoms with Crippen LogP contribution in [0.15, 0.2) is 64.3 Å². The predicted octanol–water partition coefficient (Wildman–Crippen LogP) is 3.67. The number of hydrogen-bond acceptors (Lipinski definition) is 4. The van der Waals surface area contributed by atoms with Gasteiger partial charge in [0.25, 0.3) is 10.9 Å². The number of fused-ring (bicyclic) bond motifs is 1. The molecule has 5 nitrogen and oxygen atoms in total. The van der Waals surface area contributed by atoms with Crippen LogP contribution < -0.4 is 21.5 Å². The van der Waals surface area contributed by atoms with Crippen LogP contribution in [0.1, 0.15) is 11.1 Å². The number of para-hydroxylation sites is 1. The van der Waals surface area contributed by atoms with Gasteiger partial charge in [-0.05, 0) is 6.07 Å². The molecular weight excluding hydrogens is 545 g/mol. The first-order chi connectivity index (χ1) is 13.5. The minimum atomic E-state index is -0.482. The minimum absolute atomic E-state index is 0.326. The van der Waals surface area contributed by atoms with Gasteiger partial charge in [-0.25, -0.2) is 0 Å². The molecule has 0 aliphatic rings. The maximum absolute atomic E-state index is 11.5. The van der Waals surface area contributed by atoms with Gasteiger partial charge in [0.15, 0.2) is 0 Å². The van der Waals surface area contributed by atoms with Gasteiger partial charge >= 0.3 is 78.5 Å². The van der Waals surface area contributed by atoms with Gasteiger partial charge in [-0.15, -0.1) is 0 Å². The quantitative estimate of drug-likeness (QED) is 0.254. The Labute approximate surface area is 179 Å². The van der Waals surface area contributed by atoms with Crippen molar-refractivity contribution in [3.63, 3.8) is 0 Å². The molecule has 3 N–H and O–H groups in total. The van der Waals surface area contributed by atoms with Crippen molar-refractivity contribution in [2.24, 2.45) is 0 Å². The molecule has 0 atom stereocenters. The zero-order valence-corrected chi connectivity index (χ0v) is 19.8. The van der Waals surface area contributed by atoms with Crippen molar-refractivity contribution in [1.82, 2.24) is 4.98 Å². The first-order valence-corrected chi connectivity index (χ1v) is 11.8. The fraction of sp³-hybridized carbons (Fsp3) is 0.182. The van der Waals surface area contributed by atoms with E-state index >= 15 is 0 Å². The molecule has 6 heteroatoms. The van der Waals surface area contributed by atoms with Crippen molar-refractivity contribution in [2.75, 3.05) is 17.7 Å². The zero-order chi connectivity index (χ0) is 20.1. The zero-order valence-electron chi connectivity index (χ0n) is 15.9. The Balaban J connectivity index is 0.000000192. The molecule has 4 aromatic rings. The molecule has 0 saturated heterocycles. The van der Waals surface area contributed by atoms with Gasteiger partial charge in [-0.1, -0.05) is 18.2 Å². The summed E-state index contributed by atoms with van der Waals surface area (Å²) < 4.78 is 1.38. The molecule has 3 aromatic carbocycles. The standard InChI is InChI=1S/C13H11N3O2.C9H11.Pb/c1-14-10-11(13(18)12(10)17)16-9-6-15-8-5-3-2-4-7(8)9;1-3-9-6-4-8(2)5-7-9;/h2-6,14-16H,1H3;4-7H,1,3H2,2H3;. The Morgan fingerprint density at radius 3 is 2.32 bits per heavy atom. The van der Waals surface area contributed by atoms with Crippen LogP contribution in [0.4, 0.5) is 17.1 Å². The van der Waals surface area contributed by atoms with E-state index in [0.29, 0.717) is 11.4 Å². The Morgan fingerprint density at radius 2 is 1.64 bits per heavy atom. The van der Waals surface area contributed by atoms with Crippen LogP contribution in [-0.2, 0) is 6.42 Å². The monoisotopic (exact) mass is 568 g/mol. The molecule has 0 spiro atoms. The van der Waals surface area contributed by atoms with Gasteiger partial charge in [0.1, 0.15) is 11.4 Å². The molecule has 28 heavy (non-hydrogen) atoms. The molecule has 0 bridgehead atoms. The van der Waals surface area contributed by atoms with E-state index in [2.05, 4.69) is 46.8 Å². The average molecular weight is 568 g/mol. The Bertz CT molecular complexity index is 1140. The summed E-state index contributed by atoms with van der Waals surface area (Å²) in [5, 5.41) is 6.71. The first kappa shape index (κ1) is 20.3. The van der Waals surface area contributed by atoms with Gasteiger partial charge in [0.05, 0.1) is 5.69 Å². The molecule has 0 unspecified atom stereocenters. The van der Waals surface area contributed by atoms with Gasteiger partial charge in [-0.2, -0.15) is 0 Å². The molecule has 1 heterocycles. The van der Waals surface area contributed by atoms with E-state index < -0.39 is 10.9 Å². The van der Waals surface area contributed by atoms with Crippen molar-refractivity contribution in [2.45, 2.75) is 17.3 Å². The van der Waals surface area contributed by atoms with Crippen molar-refractivity contribution >= 4 is 53.7 Å². The second-order valence-electron chi connectivity index (χ2n) is 6.52. The number of benzene rings is 2. The summed E-state index contributed by atoms with van der Waals surface area (Å²) in [7, 11) is 1.62. The first-order valence-electron chi connectivity index (χ1n) is 9.09. The molecule has 0 aliphatic carbocycles. The number of aromatic nitrogens is 1. The molecule has 0 saturated carbocycles. The van der Waals surface area contributed by atoms with Crippen LogP contribution in [0.25, 0.3) is 10.9 Å². The Kier molecular flexibility index (Phi) is 6.66. The fourth-order valence-electron chi connectivity index (χ4n) is 2.96. The molecule has 1 aromatic heterocycles. The summed E-state index contributed by atoms with van der Waals surface area (Å²) in [4.78, 5) is 25.8. The van der Waals surface area contributed by atoms with E-state index in [4.69, 9.17) is 0 Å². The molecule has 0 aliphatic heterocycles. The molecule has 0 amide bonds. The van der Waals surface area contributed by atoms with E-state index in [9.17, 15) is 9.59 Å². The third-order valence-corrected chi connectivity index (χ3v) is 5.52. The van der Waals surface area contributed by atoms with Crippen molar-refractivity contribution in [1.29, 1.82) is 0 Å². The van der Waals surface area contributed by atoms with E-state index in [1.165, 1.54) is 47.3 Å². The van der Waals surface area contributed by atoms with E-state index in [-0.39, 0.29) is 0 Å². The van der Waals surface area contributed by atoms with E-state index in [1.807, 2.05) is 24.3 Å². The van der Waals surface area contributed by atoms with Gasteiger partial charge in [0, 0.05) is 24.1 Å². The van der Waals surface area contributed by atoms with Gasteiger partial charge in [-0.3, -0.25) is 9.59 Å². The van der Waals surface area contributed by atoms with Gasteiger partial charge in [0.2, 0.25) is 0 Å². The van der Waals surface area contributed by atoms with Crippen molar-refractivity contribution < 1.29 is 0 Å². The van der Waals surface area contributed by atoms with Crippen molar-refractivity contribution in [3.8, 4) is 0 Å². The van der Waals surface area contributed by atoms with Crippen LogP contribution in [0, 0.1) is 6.92 Å². The molecule has 141 valence electrons. The van der Waals surface area contributed by atoms with Crippen LogP contribution in [0.3, 0.4) is 0 Å². The van der Waals surface area contributed by atoms with E-state index in [1.54, 1.807) is 13.2 Å². The van der Waals surface area contributed by atoms with Crippen LogP contribution in [-0.4, -0.2) is 37.8 Å². The fourth-order valence-corrected chi connectivity index (χ4v) is 4.08. The molecule has 0 fully saturated rings. The number of H-pyrrole nitrogens is 1. The summed E-state index contributed by atoms with van der Waals surface area (Å²) >= 11 is 1.32. The third kappa shape index (κ3) is 4.35. The SMILES string of the molecule is CNc1c(Nc2c[nH]c3ccccc23)c(=O)c1=O.Cc1ccc(C[CH2][Pb])cc1. The topological polar surface area (TPSA) is 74.0 Å². The maximum atomic E-state index is 11.5. The van der Waals surface area contributed by atoms with Crippen LogP contribution in [0.5, 0.6) is 0 Å². The average Bonchev–Trinajstić information content (AvgIpc) is 3.13. The van der Waals surface area contributed by atoms with Crippen LogP contribution >= 0.6 is 0 Å². The predicted molar refractivity (Wildman–Crippen MR) is 118 cm³/mol. The molecule has 3 radical (unpaired) electrons. The second-order valence-corrected chi connectivity index (χ2v) is 8.46. The summed E-state index contributed by atoms with van der Waals surface area (Å²) in [6.07, 6.45) is 3.05. The summed E-state index contributed by atoms with van der Waals surface area (Å²) in [6, 6.07) is 16.6. The molecular formula is C22H22N3O2Pb. The normalized spacial score (nSPS) is 10.5. The summed E-state index contributed by atoms with van der Waals surface area (Å²) in [6.45, 7) is 2.13. The Hall–Kier alpha value is -2.42. The summed E-state index contributed by atoms with van der Waals surface area (Å²) in [5.74, 6) is 0.